The lowest BCUT2D eigenvalue weighted by Crippen LogP contribution is -2.35. The molecule has 0 heterocycles. The van der Waals surface area contributed by atoms with Crippen molar-refractivity contribution in [3.05, 3.63) is 29.3 Å². The van der Waals surface area contributed by atoms with Crippen LogP contribution in [0.25, 0.3) is 0 Å². The van der Waals surface area contributed by atoms with Crippen molar-refractivity contribution >= 4 is 11.6 Å². The molecule has 0 aromatic heterocycles. The lowest BCUT2D eigenvalue weighted by Gasteiger charge is -2.13. The van der Waals surface area contributed by atoms with E-state index in [9.17, 15) is 4.79 Å². The minimum absolute atomic E-state index is 0.00430. The number of nitrogens with two attached hydrogens (primary N) is 1. The summed E-state index contributed by atoms with van der Waals surface area (Å²) in [5.41, 5.74) is 7.91. The molecule has 4 heteroatoms. The third-order valence-electron chi connectivity index (χ3n) is 2.33. The van der Waals surface area contributed by atoms with Crippen LogP contribution < -0.4 is 11.1 Å². The Morgan fingerprint density at radius 1 is 1.56 bits per heavy atom. The van der Waals surface area contributed by atoms with Crippen molar-refractivity contribution in [2.24, 2.45) is 0 Å². The molecule has 0 radical (unpaired) electrons. The summed E-state index contributed by atoms with van der Waals surface area (Å²) in [6.45, 7) is 4.27. The van der Waals surface area contributed by atoms with E-state index in [1.54, 1.807) is 25.3 Å². The highest BCUT2D eigenvalue weighted by molar-refractivity contribution is 5.95. The molecule has 1 aromatic rings. The van der Waals surface area contributed by atoms with E-state index in [1.807, 2.05) is 13.8 Å². The molecular formula is C12H18N2O2. The SMILES string of the molecule is COCC(C)NC(=O)c1ccc(N)c(C)c1. The predicted octanol–water partition coefficient (Wildman–Crippen LogP) is 1.34. The van der Waals surface area contributed by atoms with Gasteiger partial charge in [-0.3, -0.25) is 4.79 Å². The monoisotopic (exact) mass is 222 g/mol. The Hall–Kier alpha value is -1.55. The minimum Gasteiger partial charge on any atom is -0.399 e. The summed E-state index contributed by atoms with van der Waals surface area (Å²) >= 11 is 0. The highest BCUT2D eigenvalue weighted by atomic mass is 16.5. The maximum atomic E-state index is 11.8. The summed E-state index contributed by atoms with van der Waals surface area (Å²) in [5, 5.41) is 2.84. The van der Waals surface area contributed by atoms with Gasteiger partial charge in [-0.15, -0.1) is 0 Å². The van der Waals surface area contributed by atoms with Crippen molar-refractivity contribution < 1.29 is 9.53 Å². The third kappa shape index (κ3) is 3.24. The molecule has 1 rings (SSSR count). The number of hydrogen-bond acceptors (Lipinski definition) is 3. The number of hydrogen-bond donors (Lipinski definition) is 2. The van der Waals surface area contributed by atoms with Crippen molar-refractivity contribution in [2.45, 2.75) is 19.9 Å². The lowest BCUT2D eigenvalue weighted by atomic mass is 10.1. The molecule has 0 aliphatic heterocycles. The van der Waals surface area contributed by atoms with Gasteiger partial charge < -0.3 is 15.8 Å². The number of amides is 1. The second-order valence-electron chi connectivity index (χ2n) is 3.90. The standard InChI is InChI=1S/C12H18N2O2/c1-8-6-10(4-5-11(8)13)12(15)14-9(2)7-16-3/h4-6,9H,7,13H2,1-3H3,(H,14,15). The number of rotatable bonds is 4. The average Bonchev–Trinajstić information content (AvgIpc) is 2.22. The number of aryl methyl sites for hydroxylation is 1. The first-order valence-electron chi connectivity index (χ1n) is 5.20. The molecule has 0 bridgehead atoms. The van der Waals surface area contributed by atoms with Gasteiger partial charge in [0.05, 0.1) is 6.61 Å². The van der Waals surface area contributed by atoms with E-state index in [0.717, 1.165) is 5.56 Å². The Labute approximate surface area is 95.8 Å². The summed E-state index contributed by atoms with van der Waals surface area (Å²) in [5.74, 6) is -0.104. The Morgan fingerprint density at radius 2 is 2.25 bits per heavy atom. The van der Waals surface area contributed by atoms with Gasteiger partial charge in [0.2, 0.25) is 0 Å². The Kier molecular flexibility index (Phi) is 4.31. The van der Waals surface area contributed by atoms with Crippen molar-refractivity contribution in [2.75, 3.05) is 19.5 Å². The van der Waals surface area contributed by atoms with Crippen LogP contribution in [0.5, 0.6) is 0 Å². The molecule has 1 unspecified atom stereocenters. The molecule has 0 fully saturated rings. The molecule has 3 N–H and O–H groups in total. The molecule has 1 amide bonds. The van der Waals surface area contributed by atoms with Gasteiger partial charge in [0.25, 0.3) is 5.91 Å². The van der Waals surface area contributed by atoms with Gasteiger partial charge in [-0.2, -0.15) is 0 Å². The zero-order valence-electron chi connectivity index (χ0n) is 9.91. The summed E-state index contributed by atoms with van der Waals surface area (Å²) in [4.78, 5) is 11.8. The van der Waals surface area contributed by atoms with Crippen molar-refractivity contribution in [1.82, 2.24) is 5.32 Å². The van der Waals surface area contributed by atoms with Gasteiger partial charge in [-0.05, 0) is 37.6 Å². The van der Waals surface area contributed by atoms with Gasteiger partial charge in [-0.25, -0.2) is 0 Å². The van der Waals surface area contributed by atoms with Gasteiger partial charge in [-0.1, -0.05) is 0 Å². The van der Waals surface area contributed by atoms with Crippen LogP contribution >= 0.6 is 0 Å². The van der Waals surface area contributed by atoms with Crippen LogP contribution in [-0.4, -0.2) is 25.7 Å². The molecule has 88 valence electrons. The van der Waals surface area contributed by atoms with E-state index < -0.39 is 0 Å². The molecule has 4 nitrogen and oxygen atoms in total. The van der Waals surface area contributed by atoms with Gasteiger partial charge in [0.1, 0.15) is 0 Å². The van der Waals surface area contributed by atoms with E-state index >= 15 is 0 Å². The minimum atomic E-state index is -0.104. The fourth-order valence-electron chi connectivity index (χ4n) is 1.42. The van der Waals surface area contributed by atoms with Crippen LogP contribution in [0.2, 0.25) is 0 Å². The highest BCUT2D eigenvalue weighted by Gasteiger charge is 2.09. The first-order chi connectivity index (χ1) is 7.54. The van der Waals surface area contributed by atoms with Crippen LogP contribution in [0, 0.1) is 6.92 Å². The summed E-state index contributed by atoms with van der Waals surface area (Å²) < 4.78 is 4.95. The number of nitrogens with one attached hydrogen (secondary N) is 1. The lowest BCUT2D eigenvalue weighted by molar-refractivity contribution is 0.0905. The van der Waals surface area contributed by atoms with Crippen LogP contribution in [0.4, 0.5) is 5.69 Å². The number of carbonyl (C=O) groups excluding carboxylic acids is 1. The van der Waals surface area contributed by atoms with Crippen LogP contribution in [0.3, 0.4) is 0 Å². The summed E-state index contributed by atoms with van der Waals surface area (Å²) in [6.07, 6.45) is 0. The summed E-state index contributed by atoms with van der Waals surface area (Å²) in [7, 11) is 1.61. The van der Waals surface area contributed by atoms with E-state index in [2.05, 4.69) is 5.32 Å². The van der Waals surface area contributed by atoms with Gasteiger partial charge >= 0.3 is 0 Å². The second-order valence-corrected chi connectivity index (χ2v) is 3.90. The number of benzene rings is 1. The van der Waals surface area contributed by atoms with Gasteiger partial charge in [0.15, 0.2) is 0 Å². The predicted molar refractivity (Wildman–Crippen MR) is 64.4 cm³/mol. The quantitative estimate of drug-likeness (QED) is 0.756. The Balaban J connectivity index is 2.69. The average molecular weight is 222 g/mol. The van der Waals surface area contributed by atoms with Crippen molar-refractivity contribution in [1.29, 1.82) is 0 Å². The highest BCUT2D eigenvalue weighted by Crippen LogP contribution is 2.12. The number of nitrogen functional groups attached to an aromatic ring is 1. The van der Waals surface area contributed by atoms with Crippen LogP contribution in [0.1, 0.15) is 22.8 Å². The third-order valence-corrected chi connectivity index (χ3v) is 2.33. The first-order valence-corrected chi connectivity index (χ1v) is 5.20. The molecule has 0 aliphatic rings. The Morgan fingerprint density at radius 3 is 2.81 bits per heavy atom. The van der Waals surface area contributed by atoms with Gasteiger partial charge in [0, 0.05) is 24.4 Å². The summed E-state index contributed by atoms with van der Waals surface area (Å²) in [6, 6.07) is 5.24. The first kappa shape index (κ1) is 12.5. The molecule has 0 saturated carbocycles. The largest absolute Gasteiger partial charge is 0.399 e. The normalized spacial score (nSPS) is 12.2. The topological polar surface area (TPSA) is 64.3 Å². The maximum absolute atomic E-state index is 11.8. The van der Waals surface area contributed by atoms with E-state index in [-0.39, 0.29) is 11.9 Å². The molecule has 1 atom stereocenters. The fraction of sp³-hybridized carbons (Fsp3) is 0.417. The number of anilines is 1. The molecular weight excluding hydrogens is 204 g/mol. The zero-order valence-corrected chi connectivity index (χ0v) is 9.91. The van der Waals surface area contributed by atoms with E-state index in [1.165, 1.54) is 0 Å². The zero-order chi connectivity index (χ0) is 12.1. The molecule has 0 spiro atoms. The van der Waals surface area contributed by atoms with Crippen molar-refractivity contribution in [3.63, 3.8) is 0 Å². The van der Waals surface area contributed by atoms with Crippen LogP contribution in [-0.2, 0) is 4.74 Å². The molecule has 0 saturated heterocycles. The molecule has 16 heavy (non-hydrogen) atoms. The maximum Gasteiger partial charge on any atom is 0.251 e. The smallest absolute Gasteiger partial charge is 0.251 e. The molecule has 0 aliphatic carbocycles. The number of ether oxygens (including phenoxy) is 1. The fourth-order valence-corrected chi connectivity index (χ4v) is 1.42. The van der Waals surface area contributed by atoms with Crippen LogP contribution in [0.15, 0.2) is 18.2 Å². The molecule has 1 aromatic carbocycles. The van der Waals surface area contributed by atoms with E-state index in [0.29, 0.717) is 17.9 Å². The second kappa shape index (κ2) is 5.51. The van der Waals surface area contributed by atoms with E-state index in [4.69, 9.17) is 10.5 Å². The Bertz CT molecular complexity index is 377. The van der Waals surface area contributed by atoms with Crippen molar-refractivity contribution in [3.8, 4) is 0 Å². The number of methoxy groups -OCH3 is 1. The number of carbonyl (C=O) groups is 1.